The van der Waals surface area contributed by atoms with E-state index in [2.05, 4.69) is 16.2 Å². The quantitative estimate of drug-likeness (QED) is 0.559. The molecule has 0 aliphatic rings. The Labute approximate surface area is 98.9 Å². The van der Waals surface area contributed by atoms with Crippen molar-refractivity contribution in [3.05, 3.63) is 12.7 Å². The van der Waals surface area contributed by atoms with Gasteiger partial charge in [-0.25, -0.2) is 5.06 Å². The Hall–Kier alpha value is -1.08. The van der Waals surface area contributed by atoms with Crippen molar-refractivity contribution in [1.82, 2.24) is 5.06 Å². The van der Waals surface area contributed by atoms with Crippen LogP contribution in [0, 0.1) is 0 Å². The predicted octanol–water partition coefficient (Wildman–Crippen LogP) is 2.17. The van der Waals surface area contributed by atoms with Crippen molar-refractivity contribution in [2.75, 3.05) is 20.8 Å². The Bertz CT molecular complexity index is 231. The Morgan fingerprint density at radius 2 is 1.94 bits per heavy atom. The average Bonchev–Trinajstić information content (AvgIpc) is 2.29. The van der Waals surface area contributed by atoms with Gasteiger partial charge in [-0.2, -0.15) is 13.2 Å². The third-order valence-corrected chi connectivity index (χ3v) is 1.55. The smallest absolute Gasteiger partial charge is 0.355 e. The molecule has 0 fully saturated rings. The zero-order valence-electron chi connectivity index (χ0n) is 10.4. The number of hydroxylamine groups is 2. The molecule has 0 bridgehead atoms. The molecule has 0 unspecified atom stereocenters. The summed E-state index contributed by atoms with van der Waals surface area (Å²) in [5.41, 5.74) is 0. The Kier molecular flexibility index (Phi) is 9.69. The summed E-state index contributed by atoms with van der Waals surface area (Å²) in [6, 6.07) is 0. The van der Waals surface area contributed by atoms with E-state index in [1.165, 1.54) is 14.2 Å². The topological polar surface area (TPSA) is 38.8 Å². The number of alkyl halides is 3. The minimum absolute atomic E-state index is 0.583. The van der Waals surface area contributed by atoms with Gasteiger partial charge in [-0.15, -0.1) is 6.58 Å². The number of ether oxygens (including phenoxy) is 1. The van der Waals surface area contributed by atoms with Crippen molar-refractivity contribution in [3.63, 3.8) is 0 Å². The summed E-state index contributed by atoms with van der Waals surface area (Å²) in [4.78, 5) is 15.5. The molecular weight excluding hydrogens is 239 g/mol. The van der Waals surface area contributed by atoms with E-state index in [1.54, 1.807) is 0 Å². The zero-order valence-corrected chi connectivity index (χ0v) is 10.4. The number of halogens is 3. The van der Waals surface area contributed by atoms with Crippen LogP contribution < -0.4 is 0 Å². The van der Waals surface area contributed by atoms with Crippen molar-refractivity contribution >= 4 is 5.91 Å². The Morgan fingerprint density at radius 1 is 1.47 bits per heavy atom. The molecule has 0 aliphatic heterocycles. The monoisotopic (exact) mass is 257 g/mol. The molecule has 0 heterocycles. The van der Waals surface area contributed by atoms with Gasteiger partial charge in [0.1, 0.15) is 6.61 Å². The minimum Gasteiger partial charge on any atom is -0.355 e. The van der Waals surface area contributed by atoms with Crippen molar-refractivity contribution in [3.8, 4) is 0 Å². The SMILES string of the molecule is C=C[C@H](OCC(=O)N(C)OC)C(F)(F)F.CC. The molecule has 0 rings (SSSR count). The molecule has 0 aliphatic carbocycles. The predicted molar refractivity (Wildman–Crippen MR) is 57.1 cm³/mol. The first-order valence-electron chi connectivity index (χ1n) is 4.94. The van der Waals surface area contributed by atoms with Gasteiger partial charge >= 0.3 is 6.18 Å². The van der Waals surface area contributed by atoms with Gasteiger partial charge in [0.2, 0.25) is 0 Å². The van der Waals surface area contributed by atoms with Gasteiger partial charge in [-0.3, -0.25) is 9.63 Å². The number of hydrogen-bond acceptors (Lipinski definition) is 3. The first-order valence-corrected chi connectivity index (χ1v) is 4.94. The standard InChI is InChI=1S/C8H12F3NO3.C2H6/c1-4-6(8(9,10)11)15-5-7(13)12(2)14-3;1-2/h4,6H,1,5H2,2-3H3;1-2H3/t6-;/m0./s1. The highest BCUT2D eigenvalue weighted by atomic mass is 19.4. The largest absolute Gasteiger partial charge is 0.418 e. The van der Waals surface area contributed by atoms with Crippen LogP contribution in [0.5, 0.6) is 0 Å². The van der Waals surface area contributed by atoms with Crippen LogP contribution in [0.25, 0.3) is 0 Å². The van der Waals surface area contributed by atoms with Gasteiger partial charge in [0.15, 0.2) is 6.10 Å². The molecular formula is C10H18F3NO3. The highest BCUT2D eigenvalue weighted by molar-refractivity contribution is 5.76. The van der Waals surface area contributed by atoms with Gasteiger partial charge < -0.3 is 4.74 Å². The molecule has 102 valence electrons. The number of carbonyl (C=O) groups is 1. The van der Waals surface area contributed by atoms with E-state index in [0.29, 0.717) is 6.08 Å². The van der Waals surface area contributed by atoms with E-state index in [0.717, 1.165) is 5.06 Å². The summed E-state index contributed by atoms with van der Waals surface area (Å²) in [7, 11) is 2.48. The van der Waals surface area contributed by atoms with Crippen LogP contribution in [0.4, 0.5) is 13.2 Å². The molecule has 0 N–H and O–H groups in total. The fourth-order valence-electron chi connectivity index (χ4n) is 0.650. The molecule has 4 nitrogen and oxygen atoms in total. The second-order valence-corrected chi connectivity index (χ2v) is 2.58. The molecule has 1 amide bonds. The van der Waals surface area contributed by atoms with Crippen LogP contribution in [0.15, 0.2) is 12.7 Å². The maximum absolute atomic E-state index is 12.1. The summed E-state index contributed by atoms with van der Waals surface area (Å²) >= 11 is 0. The van der Waals surface area contributed by atoms with Crippen molar-refractivity contribution in [2.24, 2.45) is 0 Å². The number of rotatable bonds is 5. The number of amides is 1. The molecule has 1 atom stereocenters. The van der Waals surface area contributed by atoms with Gasteiger partial charge in [0.25, 0.3) is 5.91 Å². The molecule has 0 aromatic rings. The molecule has 0 radical (unpaired) electrons. The summed E-state index contributed by atoms with van der Waals surface area (Å²) in [5.74, 6) is -0.714. The highest BCUT2D eigenvalue weighted by Gasteiger charge is 2.38. The first-order chi connectivity index (χ1) is 7.82. The minimum atomic E-state index is -4.56. The Morgan fingerprint density at radius 3 is 2.24 bits per heavy atom. The van der Waals surface area contributed by atoms with Crippen LogP contribution in [0.3, 0.4) is 0 Å². The summed E-state index contributed by atoms with van der Waals surface area (Å²) < 4.78 is 40.6. The first kappa shape index (κ1) is 18.3. The molecule has 0 aromatic carbocycles. The molecule has 0 saturated heterocycles. The van der Waals surface area contributed by atoms with E-state index in [1.807, 2.05) is 13.8 Å². The maximum Gasteiger partial charge on any atom is 0.418 e. The van der Waals surface area contributed by atoms with Gasteiger partial charge in [0.05, 0.1) is 7.11 Å². The second kappa shape index (κ2) is 9.00. The summed E-state index contributed by atoms with van der Waals surface area (Å²) in [6.45, 7) is 6.25. The molecule has 0 aromatic heterocycles. The lowest BCUT2D eigenvalue weighted by Crippen LogP contribution is -2.35. The van der Waals surface area contributed by atoms with Crippen molar-refractivity contribution in [2.45, 2.75) is 26.1 Å². The van der Waals surface area contributed by atoms with E-state index >= 15 is 0 Å². The number of carbonyl (C=O) groups excluding carboxylic acids is 1. The molecule has 17 heavy (non-hydrogen) atoms. The van der Waals surface area contributed by atoms with Crippen LogP contribution >= 0.6 is 0 Å². The lowest BCUT2D eigenvalue weighted by molar-refractivity contribution is -0.211. The average molecular weight is 257 g/mol. The van der Waals surface area contributed by atoms with Crippen LogP contribution in [0.2, 0.25) is 0 Å². The van der Waals surface area contributed by atoms with E-state index in [-0.39, 0.29) is 0 Å². The third-order valence-electron chi connectivity index (χ3n) is 1.55. The van der Waals surface area contributed by atoms with Crippen molar-refractivity contribution < 1.29 is 27.5 Å². The summed E-state index contributed by atoms with van der Waals surface area (Å²) in [5, 5.41) is 0.774. The zero-order chi connectivity index (χ0) is 14.1. The van der Waals surface area contributed by atoms with Crippen LogP contribution in [-0.4, -0.2) is 44.0 Å². The van der Waals surface area contributed by atoms with E-state index in [9.17, 15) is 18.0 Å². The lowest BCUT2D eigenvalue weighted by atomic mass is 10.3. The maximum atomic E-state index is 12.1. The van der Waals surface area contributed by atoms with Gasteiger partial charge in [-0.1, -0.05) is 19.9 Å². The molecule has 7 heteroatoms. The normalized spacial score (nSPS) is 12.2. The molecule has 0 saturated carbocycles. The van der Waals surface area contributed by atoms with Crippen LogP contribution in [0.1, 0.15) is 13.8 Å². The fraction of sp³-hybridized carbons (Fsp3) is 0.700. The molecule has 0 spiro atoms. The number of hydrogen-bond donors (Lipinski definition) is 0. The van der Waals surface area contributed by atoms with Crippen LogP contribution in [-0.2, 0) is 14.4 Å². The number of nitrogens with zero attached hydrogens (tertiary/aromatic N) is 1. The summed E-state index contributed by atoms with van der Waals surface area (Å²) in [6.07, 6.45) is -6.12. The van der Waals surface area contributed by atoms with E-state index < -0.39 is 24.8 Å². The fourth-order valence-corrected chi connectivity index (χ4v) is 0.650. The lowest BCUT2D eigenvalue weighted by Gasteiger charge is -2.19. The van der Waals surface area contributed by atoms with E-state index in [4.69, 9.17) is 0 Å². The van der Waals surface area contributed by atoms with Crippen molar-refractivity contribution in [1.29, 1.82) is 0 Å². The third kappa shape index (κ3) is 7.76. The second-order valence-electron chi connectivity index (χ2n) is 2.58. The highest BCUT2D eigenvalue weighted by Crippen LogP contribution is 2.23. The number of likely N-dealkylation sites (N-methyl/N-ethyl adjacent to an activating group) is 1. The van der Waals surface area contributed by atoms with Gasteiger partial charge in [-0.05, 0) is 0 Å². The Balaban J connectivity index is 0. The van der Waals surface area contributed by atoms with Gasteiger partial charge in [0, 0.05) is 7.05 Å².